The Morgan fingerprint density at radius 3 is 2.54 bits per heavy atom. The number of nitrogens with one attached hydrogen (secondary N) is 3. The summed E-state index contributed by atoms with van der Waals surface area (Å²) in [5.74, 6) is 0. The second kappa shape index (κ2) is 7.75. The van der Waals surface area contributed by atoms with Gasteiger partial charge in [-0.15, -0.1) is 0 Å². The van der Waals surface area contributed by atoms with Crippen LogP contribution in [0, 0.1) is 17.0 Å². The summed E-state index contributed by atoms with van der Waals surface area (Å²) in [5.41, 5.74) is 4.23. The molecule has 0 aromatic heterocycles. The molecule has 0 saturated carbocycles. The number of nitro groups is 1. The van der Waals surface area contributed by atoms with Crippen LogP contribution in [0.2, 0.25) is 5.02 Å². The van der Waals surface area contributed by atoms with Crippen LogP contribution in [0.4, 0.5) is 30.2 Å². The number of hydrazine groups is 1. The van der Waals surface area contributed by atoms with E-state index in [-0.39, 0.29) is 10.8 Å². The lowest BCUT2D eigenvalue weighted by atomic mass is 10.1. The summed E-state index contributed by atoms with van der Waals surface area (Å²) in [6.45, 7) is 1.77. The topological polar surface area (TPSA) is 79.2 Å². The number of nitrogens with zero attached hydrogens (tertiary/aromatic N) is 1. The van der Waals surface area contributed by atoms with E-state index < -0.39 is 22.4 Å². The molecule has 2 aromatic rings. The first-order chi connectivity index (χ1) is 12.1. The predicted octanol–water partition coefficient (Wildman–Crippen LogP) is 4.89. The molecule has 6 nitrogen and oxygen atoms in total. The summed E-state index contributed by atoms with van der Waals surface area (Å²) in [6.07, 6.45) is -4.68. The summed E-state index contributed by atoms with van der Waals surface area (Å²) in [4.78, 5) is 10.1. The average molecular weight is 405 g/mol. The molecule has 26 heavy (non-hydrogen) atoms. The molecule has 0 aliphatic carbocycles. The minimum atomic E-state index is -4.68. The molecule has 0 atom stereocenters. The fourth-order valence-corrected chi connectivity index (χ4v) is 2.32. The van der Waals surface area contributed by atoms with Gasteiger partial charge in [0.25, 0.3) is 5.69 Å². The zero-order chi connectivity index (χ0) is 19.5. The third kappa shape index (κ3) is 4.73. The van der Waals surface area contributed by atoms with E-state index in [1.54, 1.807) is 25.1 Å². The Balaban J connectivity index is 2.12. The van der Waals surface area contributed by atoms with Crippen molar-refractivity contribution >= 4 is 46.0 Å². The van der Waals surface area contributed by atoms with Crippen LogP contribution in [0.5, 0.6) is 0 Å². The molecule has 2 aromatic carbocycles. The number of nitro benzene ring substituents is 1. The zero-order valence-electron chi connectivity index (χ0n) is 13.1. The van der Waals surface area contributed by atoms with Crippen molar-refractivity contribution in [2.75, 3.05) is 10.7 Å². The van der Waals surface area contributed by atoms with Crippen molar-refractivity contribution in [2.45, 2.75) is 13.1 Å². The Morgan fingerprint density at radius 2 is 1.92 bits per heavy atom. The van der Waals surface area contributed by atoms with E-state index in [0.717, 1.165) is 17.7 Å². The Morgan fingerprint density at radius 1 is 1.23 bits per heavy atom. The van der Waals surface area contributed by atoms with Crippen LogP contribution >= 0.6 is 23.8 Å². The lowest BCUT2D eigenvalue weighted by Crippen LogP contribution is -2.33. The standard InChI is InChI=1S/C15H12ClF3N4O2S/c1-8-10(16)3-2-4-11(8)20-14(26)22-21-12-6-5-9(15(17,18)19)7-13(12)23(24)25/h2-7,21H,1H3,(H2,20,22,26). The molecule has 0 aliphatic rings. The number of rotatable bonds is 4. The van der Waals surface area contributed by atoms with Crippen molar-refractivity contribution < 1.29 is 18.1 Å². The number of thiocarbonyl (C=S) groups is 1. The lowest BCUT2D eigenvalue weighted by molar-refractivity contribution is -0.384. The van der Waals surface area contributed by atoms with Crippen molar-refractivity contribution in [2.24, 2.45) is 0 Å². The van der Waals surface area contributed by atoms with Crippen LogP contribution in [0.1, 0.15) is 11.1 Å². The number of anilines is 2. The summed E-state index contributed by atoms with van der Waals surface area (Å²) in [5, 5.41) is 14.4. The van der Waals surface area contributed by atoms with Crippen LogP contribution in [-0.2, 0) is 6.18 Å². The van der Waals surface area contributed by atoms with E-state index in [0.29, 0.717) is 16.8 Å². The maximum absolute atomic E-state index is 12.7. The summed E-state index contributed by atoms with van der Waals surface area (Å²) in [6, 6.07) is 7.24. The molecular weight excluding hydrogens is 393 g/mol. The van der Waals surface area contributed by atoms with Crippen molar-refractivity contribution in [1.82, 2.24) is 5.43 Å². The Bertz CT molecular complexity index is 861. The fraction of sp³-hybridized carbons (Fsp3) is 0.133. The maximum atomic E-state index is 12.7. The van der Waals surface area contributed by atoms with Gasteiger partial charge in [-0.3, -0.25) is 21.0 Å². The highest BCUT2D eigenvalue weighted by atomic mass is 35.5. The van der Waals surface area contributed by atoms with Crippen LogP contribution in [0.25, 0.3) is 0 Å². The van der Waals surface area contributed by atoms with Crippen molar-refractivity contribution in [3.8, 4) is 0 Å². The minimum absolute atomic E-state index is 0.0459. The van der Waals surface area contributed by atoms with E-state index in [1.807, 2.05) is 0 Å². The number of benzene rings is 2. The number of hydrogen-bond donors (Lipinski definition) is 3. The van der Waals surface area contributed by atoms with Gasteiger partial charge < -0.3 is 5.32 Å². The quantitative estimate of drug-likeness (QED) is 0.382. The van der Waals surface area contributed by atoms with Crippen molar-refractivity contribution in [3.63, 3.8) is 0 Å². The smallest absolute Gasteiger partial charge is 0.331 e. The Labute approximate surface area is 156 Å². The van der Waals surface area contributed by atoms with Crippen LogP contribution in [0.3, 0.4) is 0 Å². The van der Waals surface area contributed by atoms with Gasteiger partial charge in [0.05, 0.1) is 10.5 Å². The molecule has 2 rings (SSSR count). The molecule has 0 unspecified atom stereocenters. The maximum Gasteiger partial charge on any atom is 0.416 e. The van der Waals surface area contributed by atoms with Gasteiger partial charge in [-0.25, -0.2) is 0 Å². The Hall–Kier alpha value is -2.59. The van der Waals surface area contributed by atoms with Crippen molar-refractivity contribution in [1.29, 1.82) is 0 Å². The van der Waals surface area contributed by atoms with Gasteiger partial charge in [0.2, 0.25) is 0 Å². The first-order valence-corrected chi connectivity index (χ1v) is 7.82. The second-order valence-electron chi connectivity index (χ2n) is 5.10. The van der Waals surface area contributed by atoms with E-state index in [1.165, 1.54) is 0 Å². The van der Waals surface area contributed by atoms with E-state index in [4.69, 9.17) is 23.8 Å². The van der Waals surface area contributed by atoms with Crippen LogP contribution in [0.15, 0.2) is 36.4 Å². The molecule has 0 spiro atoms. The SMILES string of the molecule is Cc1c(Cl)cccc1NC(=S)NNc1ccc(C(F)(F)F)cc1[N+](=O)[O-]. The van der Waals surface area contributed by atoms with Gasteiger partial charge in [0.1, 0.15) is 5.69 Å². The molecule has 0 radical (unpaired) electrons. The first-order valence-electron chi connectivity index (χ1n) is 7.03. The highest BCUT2D eigenvalue weighted by molar-refractivity contribution is 7.80. The molecule has 3 N–H and O–H groups in total. The first kappa shape index (κ1) is 19.7. The monoisotopic (exact) mass is 404 g/mol. The lowest BCUT2D eigenvalue weighted by Gasteiger charge is -2.15. The molecule has 0 aliphatic heterocycles. The summed E-state index contributed by atoms with van der Waals surface area (Å²) in [7, 11) is 0. The highest BCUT2D eigenvalue weighted by Gasteiger charge is 2.33. The van der Waals surface area contributed by atoms with Crippen LogP contribution in [-0.4, -0.2) is 10.0 Å². The Kier molecular flexibility index (Phi) is 5.88. The molecule has 138 valence electrons. The largest absolute Gasteiger partial charge is 0.416 e. The van der Waals surface area contributed by atoms with Gasteiger partial charge in [-0.2, -0.15) is 13.2 Å². The van der Waals surface area contributed by atoms with Gasteiger partial charge in [-0.05, 0) is 49.0 Å². The number of hydrogen-bond acceptors (Lipinski definition) is 4. The van der Waals surface area contributed by atoms with E-state index in [9.17, 15) is 23.3 Å². The predicted molar refractivity (Wildman–Crippen MR) is 97.3 cm³/mol. The fourth-order valence-electron chi connectivity index (χ4n) is 1.99. The molecular formula is C15H12ClF3N4O2S. The minimum Gasteiger partial charge on any atom is -0.331 e. The highest BCUT2D eigenvalue weighted by Crippen LogP contribution is 2.34. The van der Waals surface area contributed by atoms with Crippen molar-refractivity contribution in [3.05, 3.63) is 62.7 Å². The molecule has 0 heterocycles. The molecule has 11 heteroatoms. The summed E-state index contributed by atoms with van der Waals surface area (Å²) < 4.78 is 38.1. The number of alkyl halides is 3. The molecule has 0 bridgehead atoms. The average Bonchev–Trinajstić information content (AvgIpc) is 2.56. The third-order valence-corrected chi connectivity index (χ3v) is 3.96. The number of halogens is 4. The second-order valence-corrected chi connectivity index (χ2v) is 5.92. The molecule has 0 saturated heterocycles. The van der Waals surface area contributed by atoms with Crippen LogP contribution < -0.4 is 16.2 Å². The van der Waals surface area contributed by atoms with Gasteiger partial charge >= 0.3 is 6.18 Å². The summed E-state index contributed by atoms with van der Waals surface area (Å²) >= 11 is 11.0. The van der Waals surface area contributed by atoms with E-state index >= 15 is 0 Å². The van der Waals surface area contributed by atoms with Gasteiger partial charge in [0, 0.05) is 16.8 Å². The molecule has 0 fully saturated rings. The normalized spacial score (nSPS) is 11.0. The zero-order valence-corrected chi connectivity index (χ0v) is 14.7. The third-order valence-electron chi connectivity index (χ3n) is 3.35. The molecule has 0 amide bonds. The van der Waals surface area contributed by atoms with Gasteiger partial charge in [0.15, 0.2) is 5.11 Å². The van der Waals surface area contributed by atoms with E-state index in [2.05, 4.69) is 16.2 Å². The van der Waals surface area contributed by atoms with Gasteiger partial charge in [-0.1, -0.05) is 17.7 Å².